The Morgan fingerprint density at radius 2 is 2.50 bits per heavy atom. The maximum atomic E-state index is 10.9. The third-order valence-electron chi connectivity index (χ3n) is 2.29. The van der Waals surface area contributed by atoms with Crippen LogP contribution in [-0.4, -0.2) is 29.8 Å². The summed E-state index contributed by atoms with van der Waals surface area (Å²) in [4.78, 5) is 12.1. The highest BCUT2D eigenvalue weighted by molar-refractivity contribution is 7.09. The summed E-state index contributed by atoms with van der Waals surface area (Å²) in [6.45, 7) is 1.11. The van der Waals surface area contributed by atoms with E-state index in [1.165, 1.54) is 0 Å². The highest BCUT2D eigenvalue weighted by atomic mass is 32.1. The van der Waals surface area contributed by atoms with Gasteiger partial charge in [0.2, 0.25) is 0 Å². The second-order valence-electron chi connectivity index (χ2n) is 3.31. The van der Waals surface area contributed by atoms with Crippen molar-refractivity contribution in [2.24, 2.45) is 0 Å². The lowest BCUT2D eigenvalue weighted by molar-refractivity contribution is -0.166. The van der Waals surface area contributed by atoms with Gasteiger partial charge < -0.3 is 9.84 Å². The van der Waals surface area contributed by atoms with E-state index in [-0.39, 0.29) is 13.2 Å². The van der Waals surface area contributed by atoms with Crippen molar-refractivity contribution >= 4 is 17.3 Å². The predicted octanol–water partition coefficient (Wildman–Crippen LogP) is 0.691. The van der Waals surface area contributed by atoms with Gasteiger partial charge >= 0.3 is 5.97 Å². The van der Waals surface area contributed by atoms with E-state index in [9.17, 15) is 4.79 Å². The van der Waals surface area contributed by atoms with Crippen molar-refractivity contribution in [2.45, 2.75) is 12.1 Å². The average Bonchev–Trinajstić information content (AvgIpc) is 2.53. The quantitative estimate of drug-likeness (QED) is 0.772. The number of ether oxygens (including phenoxy) is 1. The van der Waals surface area contributed by atoms with Crippen molar-refractivity contribution in [3.8, 4) is 0 Å². The van der Waals surface area contributed by atoms with Crippen LogP contribution in [0.15, 0.2) is 17.5 Å². The van der Waals surface area contributed by atoms with Crippen LogP contribution in [-0.2, 0) is 16.1 Å². The van der Waals surface area contributed by atoms with Crippen molar-refractivity contribution in [1.29, 1.82) is 0 Å². The Morgan fingerprint density at radius 3 is 2.93 bits per heavy atom. The molecule has 1 saturated heterocycles. The van der Waals surface area contributed by atoms with Crippen LogP contribution in [0.25, 0.3) is 0 Å². The first-order valence-corrected chi connectivity index (χ1v) is 5.19. The van der Waals surface area contributed by atoms with Crippen LogP contribution in [0.4, 0.5) is 0 Å². The molecule has 2 rings (SSSR count). The number of nitrogens with one attached hydrogen (secondary N) is 1. The molecule has 0 atom stereocenters. The van der Waals surface area contributed by atoms with Crippen LogP contribution in [0, 0.1) is 0 Å². The van der Waals surface area contributed by atoms with E-state index in [1.807, 2.05) is 17.5 Å². The van der Waals surface area contributed by atoms with E-state index in [4.69, 9.17) is 9.84 Å². The zero-order valence-corrected chi connectivity index (χ0v) is 8.34. The molecule has 2 N–H and O–H groups in total. The lowest BCUT2D eigenvalue weighted by Crippen LogP contribution is -2.65. The number of hydrogen-bond donors (Lipinski definition) is 2. The lowest BCUT2D eigenvalue weighted by atomic mass is 9.98. The van der Waals surface area contributed by atoms with E-state index in [1.54, 1.807) is 11.3 Å². The molecule has 0 spiro atoms. The van der Waals surface area contributed by atoms with Crippen LogP contribution in [0.3, 0.4) is 0 Å². The van der Waals surface area contributed by atoms with Crippen LogP contribution >= 0.6 is 11.3 Å². The van der Waals surface area contributed by atoms with Crippen molar-refractivity contribution in [3.63, 3.8) is 0 Å². The zero-order valence-electron chi connectivity index (χ0n) is 7.53. The molecule has 0 bridgehead atoms. The molecule has 1 aliphatic rings. The Kier molecular flexibility index (Phi) is 2.54. The van der Waals surface area contributed by atoms with E-state index >= 15 is 0 Å². The molecule has 0 unspecified atom stereocenters. The molecule has 2 heterocycles. The van der Waals surface area contributed by atoms with Crippen LogP contribution < -0.4 is 5.32 Å². The molecule has 0 radical (unpaired) electrons. The number of thiophene rings is 1. The van der Waals surface area contributed by atoms with Crippen molar-refractivity contribution < 1.29 is 14.6 Å². The molecule has 4 nitrogen and oxygen atoms in total. The minimum Gasteiger partial charge on any atom is -0.480 e. The number of aliphatic carboxylic acids is 1. The summed E-state index contributed by atoms with van der Waals surface area (Å²) in [5, 5.41) is 14.0. The van der Waals surface area contributed by atoms with Crippen molar-refractivity contribution in [1.82, 2.24) is 5.32 Å². The summed E-state index contributed by atoms with van der Waals surface area (Å²) >= 11 is 1.61. The van der Waals surface area contributed by atoms with Gasteiger partial charge in [-0.25, -0.2) is 0 Å². The Labute approximate surface area is 85.5 Å². The average molecular weight is 213 g/mol. The monoisotopic (exact) mass is 213 g/mol. The molecule has 1 aromatic heterocycles. The molecule has 1 fully saturated rings. The van der Waals surface area contributed by atoms with Gasteiger partial charge in [-0.3, -0.25) is 10.1 Å². The Bertz CT molecular complexity index is 319. The first-order valence-electron chi connectivity index (χ1n) is 4.31. The topological polar surface area (TPSA) is 58.6 Å². The van der Waals surface area contributed by atoms with Crippen LogP contribution in [0.1, 0.15) is 4.88 Å². The first kappa shape index (κ1) is 9.64. The van der Waals surface area contributed by atoms with Gasteiger partial charge in [0.25, 0.3) is 0 Å². The molecule has 1 aromatic rings. The second kappa shape index (κ2) is 3.68. The highest BCUT2D eigenvalue weighted by Crippen LogP contribution is 2.19. The van der Waals surface area contributed by atoms with Gasteiger partial charge in [0.15, 0.2) is 5.54 Å². The summed E-state index contributed by atoms with van der Waals surface area (Å²) in [6, 6.07) is 3.93. The minimum atomic E-state index is -0.857. The van der Waals surface area contributed by atoms with Gasteiger partial charge in [-0.2, -0.15) is 0 Å². The van der Waals surface area contributed by atoms with E-state index in [2.05, 4.69) is 5.32 Å². The summed E-state index contributed by atoms with van der Waals surface area (Å²) in [6.07, 6.45) is 0. The third-order valence-corrected chi connectivity index (χ3v) is 3.16. The highest BCUT2D eigenvalue weighted by Gasteiger charge is 2.45. The molecule has 5 heteroatoms. The molecule has 14 heavy (non-hydrogen) atoms. The number of hydrogen-bond acceptors (Lipinski definition) is 4. The summed E-state index contributed by atoms with van der Waals surface area (Å²) in [7, 11) is 0. The van der Waals surface area contributed by atoms with Gasteiger partial charge in [-0.1, -0.05) is 6.07 Å². The molecule has 1 aliphatic heterocycles. The second-order valence-corrected chi connectivity index (χ2v) is 4.35. The Hall–Kier alpha value is -0.910. The van der Waals surface area contributed by atoms with Gasteiger partial charge in [0, 0.05) is 11.4 Å². The summed E-state index contributed by atoms with van der Waals surface area (Å²) < 4.78 is 4.93. The molecule has 0 aliphatic carbocycles. The molecule has 0 saturated carbocycles. The Morgan fingerprint density at radius 1 is 1.71 bits per heavy atom. The number of rotatable bonds is 4. The zero-order chi connectivity index (χ0) is 10.0. The number of carboxylic acid groups (broad SMARTS) is 1. The van der Waals surface area contributed by atoms with E-state index in [0.717, 1.165) is 4.88 Å². The maximum absolute atomic E-state index is 10.9. The number of carboxylic acids is 1. The molecule has 76 valence electrons. The Balaban J connectivity index is 1.93. The predicted molar refractivity (Wildman–Crippen MR) is 52.3 cm³/mol. The van der Waals surface area contributed by atoms with E-state index in [0.29, 0.717) is 6.54 Å². The van der Waals surface area contributed by atoms with Gasteiger partial charge in [0.05, 0.1) is 13.2 Å². The fraction of sp³-hybridized carbons (Fsp3) is 0.444. The fourth-order valence-electron chi connectivity index (χ4n) is 1.28. The fourth-order valence-corrected chi connectivity index (χ4v) is 1.92. The third kappa shape index (κ3) is 1.66. The molecular formula is C9H11NO3S. The van der Waals surface area contributed by atoms with Crippen LogP contribution in [0.2, 0.25) is 0 Å². The van der Waals surface area contributed by atoms with Gasteiger partial charge in [0.1, 0.15) is 0 Å². The molecule has 0 amide bonds. The summed E-state index contributed by atoms with van der Waals surface area (Å²) in [5.74, 6) is -0.833. The van der Waals surface area contributed by atoms with Gasteiger partial charge in [-0.05, 0) is 11.4 Å². The first-order chi connectivity index (χ1) is 6.73. The maximum Gasteiger partial charge on any atom is 0.328 e. The summed E-state index contributed by atoms with van der Waals surface area (Å²) in [5.41, 5.74) is -0.857. The largest absolute Gasteiger partial charge is 0.480 e. The van der Waals surface area contributed by atoms with Crippen molar-refractivity contribution in [2.75, 3.05) is 13.2 Å². The lowest BCUT2D eigenvalue weighted by Gasteiger charge is -2.37. The number of carbonyl (C=O) groups is 1. The standard InChI is InChI=1S/C9H11NO3S/c11-8(12)9(5-13-6-9)10-4-7-2-1-3-14-7/h1-3,10H,4-6H2,(H,11,12). The SMILES string of the molecule is O=C(O)C1(NCc2cccs2)COC1. The van der Waals surface area contributed by atoms with Crippen molar-refractivity contribution in [3.05, 3.63) is 22.4 Å². The normalized spacial score (nSPS) is 18.9. The van der Waals surface area contributed by atoms with E-state index < -0.39 is 11.5 Å². The smallest absolute Gasteiger partial charge is 0.328 e. The molecule has 0 aromatic carbocycles. The van der Waals surface area contributed by atoms with Crippen LogP contribution in [0.5, 0.6) is 0 Å². The van der Waals surface area contributed by atoms with Gasteiger partial charge in [-0.15, -0.1) is 11.3 Å². The molecular weight excluding hydrogens is 202 g/mol. The minimum absolute atomic E-state index is 0.258.